The number of nitrogens with zero attached hydrogens (tertiary/aromatic N) is 1. The van der Waals surface area contributed by atoms with Gasteiger partial charge in [-0.25, -0.2) is 0 Å². The second kappa shape index (κ2) is 5.10. The first-order chi connectivity index (χ1) is 9.31. The summed E-state index contributed by atoms with van der Waals surface area (Å²) < 4.78 is 5.99. The largest absolute Gasteiger partial charge is 0.489 e. The maximum atomic E-state index is 8.96. The SMILES string of the molecule is CN1c2ccc3ccccc3c2OCC1CCCO. The highest BCUT2D eigenvalue weighted by molar-refractivity contribution is 5.94. The van der Waals surface area contributed by atoms with Gasteiger partial charge in [0.2, 0.25) is 0 Å². The maximum absolute atomic E-state index is 8.96. The molecule has 0 aliphatic carbocycles. The first-order valence-electron chi connectivity index (χ1n) is 6.79. The average molecular weight is 257 g/mol. The highest BCUT2D eigenvalue weighted by atomic mass is 16.5. The van der Waals surface area contributed by atoms with Gasteiger partial charge in [-0.1, -0.05) is 30.3 Å². The molecular weight excluding hydrogens is 238 g/mol. The average Bonchev–Trinajstić information content (AvgIpc) is 2.46. The van der Waals surface area contributed by atoms with Crippen LogP contribution in [0.3, 0.4) is 0 Å². The Morgan fingerprint density at radius 1 is 1.26 bits per heavy atom. The fourth-order valence-corrected chi connectivity index (χ4v) is 2.75. The molecule has 2 aromatic carbocycles. The van der Waals surface area contributed by atoms with Crippen molar-refractivity contribution >= 4 is 16.5 Å². The van der Waals surface area contributed by atoms with E-state index in [1.54, 1.807) is 0 Å². The normalized spacial score (nSPS) is 18.2. The minimum absolute atomic E-state index is 0.245. The summed E-state index contributed by atoms with van der Waals surface area (Å²) in [7, 11) is 2.11. The molecule has 0 bridgehead atoms. The summed E-state index contributed by atoms with van der Waals surface area (Å²) in [5.74, 6) is 0.987. The standard InChI is InChI=1S/C16H19NO2/c1-17-13(6-4-10-18)11-19-16-14-7-3-2-5-12(14)8-9-15(16)17/h2-3,5,7-9,13,18H,4,6,10-11H2,1H3. The number of ether oxygens (including phenoxy) is 1. The van der Waals surface area contributed by atoms with E-state index >= 15 is 0 Å². The summed E-state index contributed by atoms with van der Waals surface area (Å²) in [4.78, 5) is 2.28. The molecule has 1 aliphatic heterocycles. The number of fused-ring (bicyclic) bond motifs is 3. The van der Waals surface area contributed by atoms with Gasteiger partial charge in [0.15, 0.2) is 5.75 Å². The number of hydrogen-bond donors (Lipinski definition) is 1. The monoisotopic (exact) mass is 257 g/mol. The van der Waals surface area contributed by atoms with Crippen LogP contribution in [0, 0.1) is 0 Å². The third kappa shape index (κ3) is 2.15. The molecule has 0 saturated carbocycles. The third-order valence-electron chi connectivity index (χ3n) is 3.90. The van der Waals surface area contributed by atoms with Crippen molar-refractivity contribution in [1.82, 2.24) is 0 Å². The molecule has 3 nitrogen and oxygen atoms in total. The van der Waals surface area contributed by atoms with Crippen molar-refractivity contribution in [1.29, 1.82) is 0 Å². The van der Waals surface area contributed by atoms with Gasteiger partial charge in [-0.05, 0) is 24.3 Å². The van der Waals surface area contributed by atoms with E-state index in [-0.39, 0.29) is 6.61 Å². The zero-order valence-corrected chi connectivity index (χ0v) is 11.2. The summed E-state index contributed by atoms with van der Waals surface area (Å²) in [6.07, 6.45) is 1.78. The predicted molar refractivity (Wildman–Crippen MR) is 78.0 cm³/mol. The van der Waals surface area contributed by atoms with Crippen LogP contribution in [0.15, 0.2) is 36.4 Å². The minimum Gasteiger partial charge on any atom is -0.489 e. The third-order valence-corrected chi connectivity index (χ3v) is 3.90. The number of hydrogen-bond acceptors (Lipinski definition) is 3. The van der Waals surface area contributed by atoms with Gasteiger partial charge in [-0.15, -0.1) is 0 Å². The van der Waals surface area contributed by atoms with Crippen molar-refractivity contribution < 1.29 is 9.84 Å². The molecule has 100 valence electrons. The van der Waals surface area contributed by atoms with Crippen molar-refractivity contribution in [3.05, 3.63) is 36.4 Å². The lowest BCUT2D eigenvalue weighted by atomic mass is 10.0. The topological polar surface area (TPSA) is 32.7 Å². The number of aliphatic hydroxyl groups is 1. The number of likely N-dealkylation sites (N-methyl/N-ethyl adjacent to an activating group) is 1. The molecule has 0 amide bonds. The minimum atomic E-state index is 0.245. The zero-order chi connectivity index (χ0) is 13.2. The molecule has 0 spiro atoms. The molecule has 0 fully saturated rings. The van der Waals surface area contributed by atoms with Crippen LogP contribution < -0.4 is 9.64 Å². The number of aliphatic hydroxyl groups excluding tert-OH is 1. The number of benzene rings is 2. The Bertz CT molecular complexity index is 582. The second-order valence-corrected chi connectivity index (χ2v) is 5.08. The quantitative estimate of drug-likeness (QED) is 0.917. The maximum Gasteiger partial charge on any atom is 0.150 e. The van der Waals surface area contributed by atoms with Crippen LogP contribution >= 0.6 is 0 Å². The second-order valence-electron chi connectivity index (χ2n) is 5.08. The van der Waals surface area contributed by atoms with Gasteiger partial charge < -0.3 is 14.7 Å². The van der Waals surface area contributed by atoms with Gasteiger partial charge in [0.05, 0.1) is 11.7 Å². The smallest absolute Gasteiger partial charge is 0.150 e. The first kappa shape index (κ1) is 12.3. The van der Waals surface area contributed by atoms with E-state index in [1.165, 1.54) is 10.8 Å². The highest BCUT2D eigenvalue weighted by Gasteiger charge is 2.25. The molecule has 0 radical (unpaired) electrons. The van der Waals surface area contributed by atoms with Crippen LogP contribution in [-0.4, -0.2) is 31.4 Å². The molecule has 3 rings (SSSR count). The summed E-state index contributed by atoms with van der Waals surface area (Å²) in [5, 5.41) is 11.3. The molecule has 1 aliphatic rings. The van der Waals surface area contributed by atoms with E-state index < -0.39 is 0 Å². The predicted octanol–water partition coefficient (Wildman–Crippen LogP) is 2.81. The van der Waals surface area contributed by atoms with Crippen LogP contribution in [-0.2, 0) is 0 Å². The molecule has 2 aromatic rings. The Morgan fingerprint density at radius 3 is 2.95 bits per heavy atom. The molecule has 3 heteroatoms. The van der Waals surface area contributed by atoms with Crippen LogP contribution in [0.5, 0.6) is 5.75 Å². The Morgan fingerprint density at radius 2 is 2.11 bits per heavy atom. The van der Waals surface area contributed by atoms with Gasteiger partial charge >= 0.3 is 0 Å². The lowest BCUT2D eigenvalue weighted by molar-refractivity contribution is 0.238. The lowest BCUT2D eigenvalue weighted by Gasteiger charge is -2.36. The van der Waals surface area contributed by atoms with Gasteiger partial charge in [0.1, 0.15) is 6.61 Å². The Labute approximate surface area is 113 Å². The molecule has 19 heavy (non-hydrogen) atoms. The van der Waals surface area contributed by atoms with E-state index in [0.29, 0.717) is 12.6 Å². The fraction of sp³-hybridized carbons (Fsp3) is 0.375. The fourth-order valence-electron chi connectivity index (χ4n) is 2.75. The van der Waals surface area contributed by atoms with Gasteiger partial charge in [0.25, 0.3) is 0 Å². The highest BCUT2D eigenvalue weighted by Crippen LogP contribution is 2.39. The van der Waals surface area contributed by atoms with Crippen molar-refractivity contribution in [3.8, 4) is 5.75 Å². The van der Waals surface area contributed by atoms with Crippen LogP contribution in [0.1, 0.15) is 12.8 Å². The van der Waals surface area contributed by atoms with E-state index in [4.69, 9.17) is 9.84 Å². The summed E-state index contributed by atoms with van der Waals surface area (Å²) in [6.45, 7) is 0.937. The van der Waals surface area contributed by atoms with E-state index in [9.17, 15) is 0 Å². The van der Waals surface area contributed by atoms with Crippen molar-refractivity contribution in [3.63, 3.8) is 0 Å². The van der Waals surface area contributed by atoms with E-state index in [2.05, 4.69) is 36.2 Å². The summed E-state index contributed by atoms with van der Waals surface area (Å²) >= 11 is 0. The van der Waals surface area contributed by atoms with Crippen LogP contribution in [0.2, 0.25) is 0 Å². The van der Waals surface area contributed by atoms with Crippen molar-refractivity contribution in [2.75, 3.05) is 25.2 Å². The van der Waals surface area contributed by atoms with Gasteiger partial charge in [-0.3, -0.25) is 0 Å². The summed E-state index contributed by atoms with van der Waals surface area (Å²) in [5.41, 5.74) is 1.15. The Kier molecular flexibility index (Phi) is 3.30. The number of rotatable bonds is 3. The van der Waals surface area contributed by atoms with E-state index in [0.717, 1.165) is 24.3 Å². The van der Waals surface area contributed by atoms with E-state index in [1.807, 2.05) is 12.1 Å². The van der Waals surface area contributed by atoms with Crippen LogP contribution in [0.4, 0.5) is 5.69 Å². The lowest BCUT2D eigenvalue weighted by Crippen LogP contribution is -2.40. The van der Waals surface area contributed by atoms with Crippen molar-refractivity contribution in [2.45, 2.75) is 18.9 Å². The molecular formula is C16H19NO2. The summed E-state index contributed by atoms with van der Waals surface area (Å²) in [6, 6.07) is 12.9. The van der Waals surface area contributed by atoms with Crippen LogP contribution in [0.25, 0.3) is 10.8 Å². The molecule has 0 aromatic heterocycles. The van der Waals surface area contributed by atoms with Crippen molar-refractivity contribution in [2.24, 2.45) is 0 Å². The Balaban J connectivity index is 1.98. The zero-order valence-electron chi connectivity index (χ0n) is 11.2. The molecule has 1 atom stereocenters. The molecule has 1 unspecified atom stereocenters. The molecule has 0 saturated heterocycles. The van der Waals surface area contributed by atoms with Gasteiger partial charge in [-0.2, -0.15) is 0 Å². The first-order valence-corrected chi connectivity index (χ1v) is 6.79. The molecule has 1 N–H and O–H groups in total. The molecule has 1 heterocycles. The Hall–Kier alpha value is -1.74. The number of anilines is 1. The van der Waals surface area contributed by atoms with Gasteiger partial charge in [0, 0.05) is 19.0 Å².